The first kappa shape index (κ1) is 22.3. The lowest BCUT2D eigenvalue weighted by Gasteiger charge is -2.26. The molecule has 0 aromatic heterocycles. The summed E-state index contributed by atoms with van der Waals surface area (Å²) in [6, 6.07) is 13.8. The monoisotopic (exact) mass is 420 g/mol. The number of benzene rings is 2. The van der Waals surface area contributed by atoms with Crippen LogP contribution in [0.25, 0.3) is 5.76 Å². The number of Topliss-reactive ketones (excluding diaryl/α,β-unsaturated/α-hetero) is 1. The summed E-state index contributed by atoms with van der Waals surface area (Å²) in [7, 11) is 3.81. The van der Waals surface area contributed by atoms with E-state index in [9.17, 15) is 14.7 Å². The van der Waals surface area contributed by atoms with Crippen molar-refractivity contribution in [2.24, 2.45) is 0 Å². The van der Waals surface area contributed by atoms with Gasteiger partial charge in [0.25, 0.3) is 11.7 Å². The predicted octanol–water partition coefficient (Wildman–Crippen LogP) is 3.54. The number of ether oxygens (including phenoxy) is 1. The van der Waals surface area contributed by atoms with Crippen molar-refractivity contribution in [2.75, 3.05) is 33.8 Å². The van der Waals surface area contributed by atoms with Crippen molar-refractivity contribution in [3.05, 3.63) is 83.4 Å². The van der Waals surface area contributed by atoms with Crippen molar-refractivity contribution in [1.82, 2.24) is 9.80 Å². The Balaban J connectivity index is 2.07. The van der Waals surface area contributed by atoms with Crippen molar-refractivity contribution >= 4 is 17.4 Å². The number of likely N-dealkylation sites (tertiary alicyclic amines) is 1. The molecule has 31 heavy (non-hydrogen) atoms. The van der Waals surface area contributed by atoms with Gasteiger partial charge in [0.2, 0.25) is 0 Å². The topological polar surface area (TPSA) is 70.1 Å². The van der Waals surface area contributed by atoms with Crippen LogP contribution in [0.2, 0.25) is 0 Å². The van der Waals surface area contributed by atoms with Crippen LogP contribution in [0.3, 0.4) is 0 Å². The highest BCUT2D eigenvalue weighted by Gasteiger charge is 2.45. The van der Waals surface area contributed by atoms with Crippen LogP contribution in [0.15, 0.2) is 66.8 Å². The number of carbonyl (C=O) groups excluding carboxylic acids is 2. The second-order valence-corrected chi connectivity index (χ2v) is 7.83. The number of likely N-dealkylation sites (N-methyl/N-ethyl adjacent to an activating group) is 1. The van der Waals surface area contributed by atoms with E-state index in [1.165, 1.54) is 4.90 Å². The van der Waals surface area contributed by atoms with Crippen molar-refractivity contribution in [3.63, 3.8) is 0 Å². The molecule has 1 amide bonds. The van der Waals surface area contributed by atoms with E-state index in [0.29, 0.717) is 31.0 Å². The highest BCUT2D eigenvalue weighted by atomic mass is 16.5. The van der Waals surface area contributed by atoms with Gasteiger partial charge in [0.15, 0.2) is 0 Å². The highest BCUT2D eigenvalue weighted by Crippen LogP contribution is 2.39. The molecule has 1 aliphatic heterocycles. The summed E-state index contributed by atoms with van der Waals surface area (Å²) in [6.07, 6.45) is 1.66. The Labute approximate surface area is 183 Å². The van der Waals surface area contributed by atoms with Gasteiger partial charge in [-0.25, -0.2) is 0 Å². The van der Waals surface area contributed by atoms with Crippen molar-refractivity contribution < 1.29 is 19.4 Å². The van der Waals surface area contributed by atoms with Crippen molar-refractivity contribution in [2.45, 2.75) is 13.0 Å². The van der Waals surface area contributed by atoms with Crippen LogP contribution in [0.5, 0.6) is 5.75 Å². The van der Waals surface area contributed by atoms with Gasteiger partial charge in [-0.1, -0.05) is 54.6 Å². The Morgan fingerprint density at radius 3 is 2.35 bits per heavy atom. The fourth-order valence-electron chi connectivity index (χ4n) is 3.53. The van der Waals surface area contributed by atoms with Crippen LogP contribution >= 0.6 is 0 Å². The van der Waals surface area contributed by atoms with E-state index in [2.05, 4.69) is 6.58 Å². The van der Waals surface area contributed by atoms with Crippen molar-refractivity contribution in [3.8, 4) is 5.75 Å². The van der Waals surface area contributed by atoms with Gasteiger partial charge < -0.3 is 19.6 Å². The van der Waals surface area contributed by atoms with E-state index in [-0.39, 0.29) is 11.3 Å². The minimum Gasteiger partial charge on any atom is -0.507 e. The lowest BCUT2D eigenvalue weighted by molar-refractivity contribution is -0.140. The third kappa shape index (κ3) is 4.86. The Kier molecular flexibility index (Phi) is 6.92. The maximum Gasteiger partial charge on any atom is 0.295 e. The van der Waals surface area contributed by atoms with Crippen LogP contribution in [0, 0.1) is 6.92 Å². The zero-order chi connectivity index (χ0) is 22.5. The summed E-state index contributed by atoms with van der Waals surface area (Å²) in [5.41, 5.74) is 2.38. The molecule has 1 atom stereocenters. The minimum absolute atomic E-state index is 0.104. The molecule has 0 bridgehead atoms. The van der Waals surface area contributed by atoms with Crippen LogP contribution < -0.4 is 4.74 Å². The molecule has 162 valence electrons. The van der Waals surface area contributed by atoms with Gasteiger partial charge in [0.1, 0.15) is 18.1 Å². The number of carbonyl (C=O) groups is 2. The maximum absolute atomic E-state index is 13.0. The van der Waals surface area contributed by atoms with Crippen LogP contribution in [0.1, 0.15) is 22.7 Å². The van der Waals surface area contributed by atoms with Gasteiger partial charge in [-0.15, -0.1) is 0 Å². The molecule has 6 nitrogen and oxygen atoms in total. The first-order valence-corrected chi connectivity index (χ1v) is 10.2. The molecule has 1 heterocycles. The number of hydrogen-bond acceptors (Lipinski definition) is 5. The van der Waals surface area contributed by atoms with E-state index >= 15 is 0 Å². The molecule has 0 radical (unpaired) electrons. The fraction of sp³-hybridized carbons (Fsp3) is 0.280. The summed E-state index contributed by atoms with van der Waals surface area (Å²) in [6.45, 7) is 6.92. The van der Waals surface area contributed by atoms with E-state index in [1.54, 1.807) is 30.3 Å². The van der Waals surface area contributed by atoms with Gasteiger partial charge in [-0.3, -0.25) is 9.59 Å². The second-order valence-electron chi connectivity index (χ2n) is 7.83. The molecule has 1 fully saturated rings. The summed E-state index contributed by atoms with van der Waals surface area (Å²) in [5, 5.41) is 11.0. The summed E-state index contributed by atoms with van der Waals surface area (Å²) >= 11 is 0. The normalized spacial score (nSPS) is 17.9. The minimum atomic E-state index is -0.672. The molecule has 1 saturated heterocycles. The molecule has 1 aliphatic rings. The zero-order valence-electron chi connectivity index (χ0n) is 18.2. The van der Waals surface area contributed by atoms with Gasteiger partial charge in [-0.2, -0.15) is 0 Å². The Morgan fingerprint density at radius 2 is 1.77 bits per heavy atom. The third-order valence-corrected chi connectivity index (χ3v) is 5.22. The van der Waals surface area contributed by atoms with E-state index in [4.69, 9.17) is 4.74 Å². The van der Waals surface area contributed by atoms with E-state index < -0.39 is 17.7 Å². The largest absolute Gasteiger partial charge is 0.507 e. The number of ketones is 1. The molecule has 0 saturated carbocycles. The Hall–Kier alpha value is -3.38. The van der Waals surface area contributed by atoms with Gasteiger partial charge in [-0.05, 0) is 38.7 Å². The molecule has 0 spiro atoms. The first-order valence-electron chi connectivity index (χ1n) is 10.2. The average molecular weight is 421 g/mol. The quantitative estimate of drug-likeness (QED) is 0.306. The van der Waals surface area contributed by atoms with Gasteiger partial charge in [0, 0.05) is 18.7 Å². The molecule has 1 unspecified atom stereocenters. The molecular formula is C25H28N2O4. The molecule has 2 aromatic carbocycles. The maximum atomic E-state index is 13.0. The van der Waals surface area contributed by atoms with Gasteiger partial charge >= 0.3 is 0 Å². The molecule has 0 aliphatic carbocycles. The SMILES string of the molecule is C=CCOc1ccc(C2/C(=C(\O)c3ccc(C)cc3)C(=O)C(=O)N2CCN(C)C)cc1. The first-order chi connectivity index (χ1) is 14.8. The Bertz CT molecular complexity index is 991. The van der Waals surface area contributed by atoms with Crippen LogP contribution in [-0.2, 0) is 9.59 Å². The number of aliphatic hydroxyl groups is 1. The zero-order valence-corrected chi connectivity index (χ0v) is 18.2. The van der Waals surface area contributed by atoms with E-state index in [0.717, 1.165) is 11.1 Å². The average Bonchev–Trinajstić information content (AvgIpc) is 3.01. The lowest BCUT2D eigenvalue weighted by Crippen LogP contribution is -2.35. The number of aryl methyl sites for hydroxylation is 1. The Morgan fingerprint density at radius 1 is 1.13 bits per heavy atom. The fourth-order valence-corrected chi connectivity index (χ4v) is 3.53. The van der Waals surface area contributed by atoms with E-state index in [1.807, 2.05) is 50.2 Å². The molecule has 6 heteroatoms. The number of rotatable bonds is 8. The second kappa shape index (κ2) is 9.62. The number of hydrogen-bond donors (Lipinski definition) is 1. The lowest BCUT2D eigenvalue weighted by atomic mass is 9.95. The number of amides is 1. The van der Waals surface area contributed by atoms with Crippen molar-refractivity contribution in [1.29, 1.82) is 0 Å². The predicted molar refractivity (Wildman–Crippen MR) is 121 cm³/mol. The summed E-state index contributed by atoms with van der Waals surface area (Å²) in [5.74, 6) is -0.781. The summed E-state index contributed by atoms with van der Waals surface area (Å²) in [4.78, 5) is 29.3. The highest BCUT2D eigenvalue weighted by molar-refractivity contribution is 6.46. The molecule has 1 N–H and O–H groups in total. The molecule has 3 rings (SSSR count). The number of aliphatic hydroxyl groups excluding tert-OH is 1. The molecular weight excluding hydrogens is 392 g/mol. The molecule has 2 aromatic rings. The third-order valence-electron chi connectivity index (χ3n) is 5.22. The van der Waals surface area contributed by atoms with Crippen LogP contribution in [-0.4, -0.2) is 60.4 Å². The number of nitrogens with zero attached hydrogens (tertiary/aromatic N) is 2. The van der Waals surface area contributed by atoms with Crippen LogP contribution in [0.4, 0.5) is 0 Å². The smallest absolute Gasteiger partial charge is 0.295 e. The standard InChI is InChI=1S/C25H28N2O4/c1-5-16-31-20-12-10-18(11-13-20)22-21(23(28)19-8-6-17(2)7-9-19)24(29)25(30)27(22)15-14-26(3)4/h5-13,22,28H,1,14-16H2,2-4H3/b23-21+. The summed E-state index contributed by atoms with van der Waals surface area (Å²) < 4.78 is 5.54. The van der Waals surface area contributed by atoms with Gasteiger partial charge in [0.05, 0.1) is 11.6 Å².